The maximum Gasteiger partial charge on any atom is 0.237 e. The molecule has 0 aliphatic heterocycles. The van der Waals surface area contributed by atoms with Gasteiger partial charge in [0.25, 0.3) is 0 Å². The Morgan fingerprint density at radius 2 is 2.22 bits per heavy atom. The molecule has 0 radical (unpaired) electrons. The molecule has 2 atom stereocenters. The van der Waals surface area contributed by atoms with Crippen molar-refractivity contribution in [1.29, 1.82) is 0 Å². The third-order valence-corrected chi connectivity index (χ3v) is 3.11. The second-order valence-electron chi connectivity index (χ2n) is 4.03. The average molecular weight is 287 g/mol. The molecule has 1 rings (SSSR count). The number of nitrogens with one attached hydrogen (secondary N) is 1. The number of benzene rings is 1. The molecule has 0 saturated carbocycles. The molecule has 1 aromatic rings. The minimum absolute atomic E-state index is 0.224. The number of hydrogen-bond acceptors (Lipinski definition) is 2. The molecule has 0 saturated heterocycles. The van der Waals surface area contributed by atoms with E-state index in [0.29, 0.717) is 16.5 Å². The van der Waals surface area contributed by atoms with Gasteiger partial charge in [0.1, 0.15) is 0 Å². The summed E-state index contributed by atoms with van der Waals surface area (Å²) in [6.45, 7) is 5.39. The van der Waals surface area contributed by atoms with Crippen LogP contribution in [0.2, 0.25) is 10.0 Å². The summed E-state index contributed by atoms with van der Waals surface area (Å²) in [6.07, 6.45) is 2.05. The molecular formula is C13H16Cl2N2O. The van der Waals surface area contributed by atoms with Crippen molar-refractivity contribution in [1.82, 2.24) is 5.32 Å². The zero-order valence-corrected chi connectivity index (χ0v) is 11.6. The first kappa shape index (κ1) is 15.0. The van der Waals surface area contributed by atoms with Crippen LogP contribution in [-0.4, -0.2) is 11.9 Å². The summed E-state index contributed by atoms with van der Waals surface area (Å²) in [5.74, 6) is -0.228. The predicted octanol–water partition coefficient (Wildman–Crippen LogP) is 3.07. The Kier molecular flexibility index (Phi) is 5.66. The van der Waals surface area contributed by atoms with Gasteiger partial charge in [-0.15, -0.1) is 6.58 Å². The van der Waals surface area contributed by atoms with E-state index in [0.717, 1.165) is 5.56 Å². The largest absolute Gasteiger partial charge is 0.348 e. The lowest BCUT2D eigenvalue weighted by molar-refractivity contribution is -0.122. The van der Waals surface area contributed by atoms with E-state index in [-0.39, 0.29) is 11.9 Å². The van der Waals surface area contributed by atoms with Gasteiger partial charge in [-0.25, -0.2) is 0 Å². The number of halogens is 2. The molecule has 0 fully saturated rings. The monoisotopic (exact) mass is 286 g/mol. The van der Waals surface area contributed by atoms with Crippen LogP contribution in [0.3, 0.4) is 0 Å². The average Bonchev–Trinajstić information content (AvgIpc) is 2.28. The Hall–Kier alpha value is -1.03. The molecule has 2 unspecified atom stereocenters. The van der Waals surface area contributed by atoms with Gasteiger partial charge in [-0.2, -0.15) is 0 Å². The highest BCUT2D eigenvalue weighted by Crippen LogP contribution is 2.26. The molecule has 0 bridgehead atoms. The lowest BCUT2D eigenvalue weighted by Gasteiger charge is -2.18. The van der Waals surface area contributed by atoms with E-state index in [1.165, 1.54) is 0 Å². The molecule has 0 heterocycles. The van der Waals surface area contributed by atoms with Gasteiger partial charge in [0.05, 0.1) is 12.1 Å². The van der Waals surface area contributed by atoms with Crippen LogP contribution in [0.1, 0.15) is 24.9 Å². The summed E-state index contributed by atoms with van der Waals surface area (Å²) >= 11 is 11.9. The zero-order valence-electron chi connectivity index (χ0n) is 10.1. The second kappa shape index (κ2) is 6.78. The fraction of sp³-hybridized carbons (Fsp3) is 0.308. The van der Waals surface area contributed by atoms with E-state index in [9.17, 15) is 4.79 Å². The van der Waals surface area contributed by atoms with Crippen LogP contribution in [0.15, 0.2) is 30.9 Å². The van der Waals surface area contributed by atoms with Crippen LogP contribution in [0.25, 0.3) is 0 Å². The van der Waals surface area contributed by atoms with Crippen molar-refractivity contribution in [2.45, 2.75) is 25.4 Å². The van der Waals surface area contributed by atoms with Crippen molar-refractivity contribution in [2.24, 2.45) is 5.73 Å². The van der Waals surface area contributed by atoms with E-state index < -0.39 is 6.04 Å². The van der Waals surface area contributed by atoms with Crippen molar-refractivity contribution < 1.29 is 4.79 Å². The van der Waals surface area contributed by atoms with E-state index >= 15 is 0 Å². The highest BCUT2D eigenvalue weighted by Gasteiger charge is 2.17. The maximum absolute atomic E-state index is 11.7. The smallest absolute Gasteiger partial charge is 0.237 e. The number of carbonyl (C=O) groups is 1. The van der Waals surface area contributed by atoms with Crippen molar-refractivity contribution in [2.75, 3.05) is 0 Å². The Morgan fingerprint density at radius 1 is 1.56 bits per heavy atom. The first-order valence-electron chi connectivity index (χ1n) is 5.57. The van der Waals surface area contributed by atoms with E-state index in [4.69, 9.17) is 28.9 Å². The number of nitrogens with two attached hydrogens (primary N) is 1. The van der Waals surface area contributed by atoms with Gasteiger partial charge in [0.15, 0.2) is 0 Å². The maximum atomic E-state index is 11.7. The lowest BCUT2D eigenvalue weighted by atomic mass is 10.1. The number of hydrogen-bond donors (Lipinski definition) is 2. The van der Waals surface area contributed by atoms with Gasteiger partial charge >= 0.3 is 0 Å². The third kappa shape index (κ3) is 4.02. The molecule has 0 spiro atoms. The van der Waals surface area contributed by atoms with E-state index in [1.807, 2.05) is 6.92 Å². The predicted molar refractivity (Wildman–Crippen MR) is 75.8 cm³/mol. The minimum Gasteiger partial charge on any atom is -0.348 e. The normalized spacial score (nSPS) is 13.8. The molecule has 18 heavy (non-hydrogen) atoms. The molecule has 0 aliphatic carbocycles. The van der Waals surface area contributed by atoms with Crippen LogP contribution in [0, 0.1) is 0 Å². The van der Waals surface area contributed by atoms with Gasteiger partial charge in [-0.3, -0.25) is 4.79 Å². The number of rotatable bonds is 5. The summed E-state index contributed by atoms with van der Waals surface area (Å²) in [4.78, 5) is 11.7. The summed E-state index contributed by atoms with van der Waals surface area (Å²) in [5, 5.41) is 3.88. The number of amides is 1. The fourth-order valence-electron chi connectivity index (χ4n) is 1.54. The SMILES string of the molecule is C=CCC(N)C(=O)NC(C)c1ccc(Cl)cc1Cl. The molecule has 1 amide bonds. The first-order chi connectivity index (χ1) is 8.45. The summed E-state index contributed by atoms with van der Waals surface area (Å²) in [5.41, 5.74) is 6.48. The van der Waals surface area contributed by atoms with Gasteiger partial charge in [0.2, 0.25) is 5.91 Å². The molecule has 0 aliphatic rings. The first-order valence-corrected chi connectivity index (χ1v) is 6.33. The molecule has 1 aromatic carbocycles. The highest BCUT2D eigenvalue weighted by atomic mass is 35.5. The van der Waals surface area contributed by atoms with Gasteiger partial charge < -0.3 is 11.1 Å². The third-order valence-electron chi connectivity index (χ3n) is 2.55. The van der Waals surface area contributed by atoms with Gasteiger partial charge in [0, 0.05) is 10.0 Å². The van der Waals surface area contributed by atoms with Crippen molar-refractivity contribution in [3.63, 3.8) is 0 Å². The minimum atomic E-state index is -0.587. The van der Waals surface area contributed by atoms with Crippen LogP contribution in [0.5, 0.6) is 0 Å². The fourth-order valence-corrected chi connectivity index (χ4v) is 2.11. The van der Waals surface area contributed by atoms with Crippen molar-refractivity contribution in [3.05, 3.63) is 46.5 Å². The Morgan fingerprint density at radius 3 is 2.78 bits per heavy atom. The summed E-state index contributed by atoms with van der Waals surface area (Å²) in [6, 6.07) is 4.35. The summed E-state index contributed by atoms with van der Waals surface area (Å²) in [7, 11) is 0. The molecule has 98 valence electrons. The Labute approximate surface area is 117 Å². The standard InChI is InChI=1S/C13H16Cl2N2O/c1-3-4-12(16)13(18)17-8(2)10-6-5-9(14)7-11(10)15/h3,5-8,12H,1,4,16H2,2H3,(H,17,18). The Bertz CT molecular complexity index is 449. The highest BCUT2D eigenvalue weighted by molar-refractivity contribution is 6.35. The van der Waals surface area contributed by atoms with Crippen LogP contribution < -0.4 is 11.1 Å². The van der Waals surface area contributed by atoms with Crippen LogP contribution >= 0.6 is 23.2 Å². The molecule has 3 N–H and O–H groups in total. The second-order valence-corrected chi connectivity index (χ2v) is 4.87. The molecular weight excluding hydrogens is 271 g/mol. The molecule has 0 aromatic heterocycles. The molecule has 5 heteroatoms. The van der Waals surface area contributed by atoms with Gasteiger partial charge in [-0.05, 0) is 31.0 Å². The van der Waals surface area contributed by atoms with Crippen LogP contribution in [0.4, 0.5) is 0 Å². The molecule has 3 nitrogen and oxygen atoms in total. The Balaban J connectivity index is 2.73. The van der Waals surface area contributed by atoms with E-state index in [1.54, 1.807) is 24.3 Å². The topological polar surface area (TPSA) is 55.1 Å². The van der Waals surface area contributed by atoms with Crippen molar-refractivity contribution in [3.8, 4) is 0 Å². The number of carbonyl (C=O) groups excluding carboxylic acids is 1. The lowest BCUT2D eigenvalue weighted by Crippen LogP contribution is -2.41. The zero-order chi connectivity index (χ0) is 13.7. The van der Waals surface area contributed by atoms with Crippen LogP contribution in [-0.2, 0) is 4.79 Å². The summed E-state index contributed by atoms with van der Waals surface area (Å²) < 4.78 is 0. The van der Waals surface area contributed by atoms with Gasteiger partial charge in [-0.1, -0.05) is 35.3 Å². The quantitative estimate of drug-likeness (QED) is 0.818. The van der Waals surface area contributed by atoms with Crippen molar-refractivity contribution >= 4 is 29.1 Å². The van der Waals surface area contributed by atoms with E-state index in [2.05, 4.69) is 11.9 Å².